The van der Waals surface area contributed by atoms with Gasteiger partial charge in [-0.2, -0.15) is 0 Å². The molecule has 0 aliphatic rings. The molecule has 26 heavy (non-hydrogen) atoms. The molecule has 0 bridgehead atoms. The first-order chi connectivity index (χ1) is 12.0. The minimum atomic E-state index is -0.744. The van der Waals surface area contributed by atoms with Crippen molar-refractivity contribution in [1.82, 2.24) is 5.32 Å². The molecule has 0 heterocycles. The van der Waals surface area contributed by atoms with Gasteiger partial charge in [0, 0.05) is 12.6 Å². The molecule has 0 spiro atoms. The number of rotatable bonds is 9. The number of aliphatic hydroxyl groups is 1. The van der Waals surface area contributed by atoms with E-state index in [4.69, 9.17) is 4.74 Å². The molecule has 6 nitrogen and oxygen atoms in total. The summed E-state index contributed by atoms with van der Waals surface area (Å²) in [5, 5.41) is 25.6. The molecule has 0 aliphatic heterocycles. The summed E-state index contributed by atoms with van der Waals surface area (Å²) in [6.07, 6.45) is 0.566. The third kappa shape index (κ3) is 6.22. The molecule has 2 rings (SSSR count). The number of methoxy groups -OCH3 is 1. The minimum Gasteiger partial charge on any atom is -0.506 e. The number of aliphatic hydroxyl groups excluding tert-OH is 1. The molecule has 142 valence electrons. The Balaban J connectivity index is 0.00000338. The van der Waals surface area contributed by atoms with Crippen LogP contribution in [0.2, 0.25) is 0 Å². The Kier molecular flexibility index (Phi) is 8.92. The Bertz CT molecular complexity index is 694. The maximum atomic E-state index is 10.5. The normalized spacial score (nSPS) is 12.6. The van der Waals surface area contributed by atoms with Gasteiger partial charge in [0.15, 0.2) is 0 Å². The fourth-order valence-corrected chi connectivity index (χ4v) is 2.56. The number of halogens is 1. The summed E-state index contributed by atoms with van der Waals surface area (Å²) in [5.74, 6) is 0.788. The van der Waals surface area contributed by atoms with Crippen LogP contribution in [0.15, 0.2) is 42.5 Å². The van der Waals surface area contributed by atoms with Crippen molar-refractivity contribution in [2.45, 2.75) is 25.5 Å². The quantitative estimate of drug-likeness (QED) is 0.396. The Morgan fingerprint density at radius 3 is 2.50 bits per heavy atom. The Morgan fingerprint density at radius 2 is 1.88 bits per heavy atom. The number of carbonyl (C=O) groups is 1. The van der Waals surface area contributed by atoms with E-state index in [1.54, 1.807) is 19.2 Å². The summed E-state index contributed by atoms with van der Waals surface area (Å²) in [6.45, 7) is 2.41. The zero-order chi connectivity index (χ0) is 18.2. The Labute approximate surface area is 159 Å². The highest BCUT2D eigenvalue weighted by molar-refractivity contribution is 5.85. The van der Waals surface area contributed by atoms with Crippen LogP contribution >= 0.6 is 12.4 Å². The van der Waals surface area contributed by atoms with E-state index >= 15 is 0 Å². The highest BCUT2D eigenvalue weighted by atomic mass is 35.5. The van der Waals surface area contributed by atoms with E-state index in [9.17, 15) is 15.0 Å². The molecule has 1 amide bonds. The Morgan fingerprint density at radius 1 is 1.19 bits per heavy atom. The van der Waals surface area contributed by atoms with E-state index < -0.39 is 6.10 Å². The van der Waals surface area contributed by atoms with E-state index in [0.717, 1.165) is 12.2 Å². The largest absolute Gasteiger partial charge is 0.506 e. The molecule has 0 saturated carbocycles. The topological polar surface area (TPSA) is 90.8 Å². The number of phenolic OH excluding ortho intramolecular Hbond substituents is 1. The average molecular weight is 381 g/mol. The number of hydrogen-bond donors (Lipinski definition) is 4. The fraction of sp³-hybridized carbons (Fsp3) is 0.316. The molecule has 0 aliphatic carbocycles. The molecular formula is C19H25ClN2O4. The van der Waals surface area contributed by atoms with E-state index in [-0.39, 0.29) is 29.9 Å². The molecule has 0 saturated heterocycles. The lowest BCUT2D eigenvalue weighted by molar-refractivity contribution is -0.105. The number of anilines is 1. The van der Waals surface area contributed by atoms with Crippen molar-refractivity contribution in [3.63, 3.8) is 0 Å². The van der Waals surface area contributed by atoms with Crippen LogP contribution in [0.1, 0.15) is 24.2 Å². The molecular weight excluding hydrogens is 356 g/mol. The number of hydrogen-bond acceptors (Lipinski definition) is 5. The second-order valence-electron chi connectivity index (χ2n) is 5.92. The highest BCUT2D eigenvalue weighted by Gasteiger charge is 2.12. The maximum absolute atomic E-state index is 10.5. The van der Waals surface area contributed by atoms with Gasteiger partial charge in [-0.25, -0.2) is 0 Å². The second kappa shape index (κ2) is 10.7. The molecule has 2 atom stereocenters. The second-order valence-corrected chi connectivity index (χ2v) is 5.92. The molecule has 0 unspecified atom stereocenters. The van der Waals surface area contributed by atoms with Gasteiger partial charge in [-0.05, 0) is 48.7 Å². The summed E-state index contributed by atoms with van der Waals surface area (Å²) >= 11 is 0. The van der Waals surface area contributed by atoms with Gasteiger partial charge in [0.05, 0.1) is 18.9 Å². The number of amides is 1. The third-order valence-corrected chi connectivity index (χ3v) is 3.98. The van der Waals surface area contributed by atoms with Crippen molar-refractivity contribution in [1.29, 1.82) is 0 Å². The first-order valence-corrected chi connectivity index (χ1v) is 8.11. The number of aromatic hydroxyl groups is 1. The van der Waals surface area contributed by atoms with Crippen LogP contribution in [-0.4, -0.2) is 36.3 Å². The first-order valence-electron chi connectivity index (χ1n) is 8.11. The van der Waals surface area contributed by atoms with Gasteiger partial charge in [-0.3, -0.25) is 4.79 Å². The summed E-state index contributed by atoms with van der Waals surface area (Å²) in [7, 11) is 1.64. The average Bonchev–Trinajstić information content (AvgIpc) is 2.62. The third-order valence-electron chi connectivity index (χ3n) is 3.98. The summed E-state index contributed by atoms with van der Waals surface area (Å²) in [6, 6.07) is 12.7. The molecule has 2 aromatic rings. The lowest BCUT2D eigenvalue weighted by Gasteiger charge is -2.18. The predicted molar refractivity (Wildman–Crippen MR) is 104 cm³/mol. The number of ether oxygens (including phenoxy) is 1. The van der Waals surface area contributed by atoms with Gasteiger partial charge in [0.2, 0.25) is 6.41 Å². The smallest absolute Gasteiger partial charge is 0.211 e. The SMILES string of the molecule is COc1ccc(C[C@@H](C)NC[C@H](O)c2ccc(O)c(NC=O)c2)cc1.Cl. The Hall–Kier alpha value is -2.28. The standard InChI is InChI=1S/C19H24N2O4.ClH/c1-13(9-14-3-6-16(25-2)7-4-14)20-11-19(24)15-5-8-18(23)17(10-15)21-12-22;/h3-8,10,12-13,19-20,23-24H,9,11H2,1-2H3,(H,21,22);1H/t13-,19+;/m1./s1. The maximum Gasteiger partial charge on any atom is 0.211 e. The molecule has 4 N–H and O–H groups in total. The number of phenols is 1. The molecule has 2 aromatic carbocycles. The van der Waals surface area contributed by atoms with Crippen molar-refractivity contribution in [3.05, 3.63) is 53.6 Å². The van der Waals surface area contributed by atoms with Gasteiger partial charge in [0.25, 0.3) is 0 Å². The number of benzene rings is 2. The lowest BCUT2D eigenvalue weighted by Crippen LogP contribution is -2.32. The van der Waals surface area contributed by atoms with Crippen LogP contribution in [0.25, 0.3) is 0 Å². The van der Waals surface area contributed by atoms with Crippen LogP contribution < -0.4 is 15.4 Å². The number of nitrogens with one attached hydrogen (secondary N) is 2. The van der Waals surface area contributed by atoms with Crippen molar-refractivity contribution in [2.75, 3.05) is 19.0 Å². The summed E-state index contributed by atoms with van der Waals surface area (Å²) < 4.78 is 5.14. The zero-order valence-electron chi connectivity index (χ0n) is 14.8. The van der Waals surface area contributed by atoms with Crippen molar-refractivity contribution in [3.8, 4) is 11.5 Å². The monoisotopic (exact) mass is 380 g/mol. The molecule has 0 aromatic heterocycles. The van der Waals surface area contributed by atoms with Crippen molar-refractivity contribution in [2.24, 2.45) is 0 Å². The van der Waals surface area contributed by atoms with Crippen LogP contribution in [0.5, 0.6) is 11.5 Å². The molecule has 0 fully saturated rings. The van der Waals surface area contributed by atoms with Gasteiger partial charge < -0.3 is 25.6 Å². The highest BCUT2D eigenvalue weighted by Crippen LogP contribution is 2.26. The zero-order valence-corrected chi connectivity index (χ0v) is 15.6. The van der Waals surface area contributed by atoms with Crippen LogP contribution in [0, 0.1) is 0 Å². The van der Waals surface area contributed by atoms with E-state index in [0.29, 0.717) is 18.5 Å². The molecule has 7 heteroatoms. The molecule has 0 radical (unpaired) electrons. The van der Waals surface area contributed by atoms with Gasteiger partial charge in [-0.1, -0.05) is 18.2 Å². The van der Waals surface area contributed by atoms with E-state index in [1.807, 2.05) is 31.2 Å². The van der Waals surface area contributed by atoms with Crippen LogP contribution in [0.3, 0.4) is 0 Å². The first kappa shape index (κ1) is 21.8. The van der Waals surface area contributed by atoms with Gasteiger partial charge >= 0.3 is 0 Å². The van der Waals surface area contributed by atoms with Crippen molar-refractivity contribution >= 4 is 24.5 Å². The van der Waals surface area contributed by atoms with Gasteiger partial charge in [-0.15, -0.1) is 12.4 Å². The number of carbonyl (C=O) groups excluding carboxylic acids is 1. The van der Waals surface area contributed by atoms with Crippen molar-refractivity contribution < 1.29 is 19.7 Å². The summed E-state index contributed by atoms with van der Waals surface area (Å²) in [5.41, 5.74) is 2.07. The van der Waals surface area contributed by atoms with E-state index in [2.05, 4.69) is 10.6 Å². The van der Waals surface area contributed by atoms with Crippen LogP contribution in [0.4, 0.5) is 5.69 Å². The minimum absolute atomic E-state index is 0. The van der Waals surface area contributed by atoms with Crippen LogP contribution in [-0.2, 0) is 11.2 Å². The van der Waals surface area contributed by atoms with E-state index in [1.165, 1.54) is 11.6 Å². The summed E-state index contributed by atoms with van der Waals surface area (Å²) in [4.78, 5) is 10.5. The lowest BCUT2D eigenvalue weighted by atomic mass is 10.1. The van der Waals surface area contributed by atoms with Gasteiger partial charge in [0.1, 0.15) is 11.5 Å². The predicted octanol–water partition coefficient (Wildman–Crippen LogP) is 2.65. The fourth-order valence-electron chi connectivity index (χ4n) is 2.56.